The van der Waals surface area contributed by atoms with Crippen molar-refractivity contribution in [2.24, 2.45) is 0 Å². The smallest absolute Gasteiger partial charge is 0.276 e. The average Bonchev–Trinajstić information content (AvgIpc) is 3.21. The number of rotatable bonds is 6. The second-order valence-corrected chi connectivity index (χ2v) is 9.28. The molecule has 2 heterocycles. The molecular formula is C25H26N4O4S. The average molecular weight is 479 g/mol. The van der Waals surface area contributed by atoms with Gasteiger partial charge in [0, 0.05) is 17.3 Å². The van der Waals surface area contributed by atoms with E-state index in [1.165, 1.54) is 17.5 Å². The summed E-state index contributed by atoms with van der Waals surface area (Å²) in [4.78, 5) is 43.1. The van der Waals surface area contributed by atoms with Crippen molar-refractivity contribution in [2.75, 3.05) is 11.9 Å². The molecule has 1 aliphatic carbocycles. The normalized spacial score (nSPS) is 12.4. The predicted octanol–water partition coefficient (Wildman–Crippen LogP) is 3.73. The third-order valence-corrected chi connectivity index (χ3v) is 6.77. The zero-order valence-electron chi connectivity index (χ0n) is 19.1. The fraction of sp³-hybridized carbons (Fsp3) is 0.280. The molecule has 3 amide bonds. The molecule has 1 aromatic carbocycles. The summed E-state index contributed by atoms with van der Waals surface area (Å²) in [5, 5.41) is 3.32. The van der Waals surface area contributed by atoms with Crippen LogP contribution in [0.15, 0.2) is 42.7 Å². The molecule has 3 N–H and O–H groups in total. The number of aryl methyl sites for hydroxylation is 3. The van der Waals surface area contributed by atoms with Crippen molar-refractivity contribution in [2.45, 2.75) is 39.5 Å². The van der Waals surface area contributed by atoms with Gasteiger partial charge in [0.05, 0.1) is 11.1 Å². The maximum absolute atomic E-state index is 13.1. The number of nitrogens with zero attached hydrogens (tertiary/aromatic N) is 1. The molecule has 1 aliphatic rings. The lowest BCUT2D eigenvalue weighted by Crippen LogP contribution is -2.44. The Morgan fingerprint density at radius 1 is 1.06 bits per heavy atom. The standard InChI is InChI=1S/C25H26N4O4S/c1-15-9-10-16(2)19(12-15)33-14-21(30)28-29-24(32)22-18-7-3-4-8-20(18)34-25(22)27-23(31)17-6-5-11-26-13-17/h5-6,9-13H,3-4,7-8,14H2,1-2H3,(H,27,31)(H,28,30)(H,29,32). The zero-order chi connectivity index (χ0) is 24.1. The third kappa shape index (κ3) is 5.43. The van der Waals surface area contributed by atoms with E-state index in [2.05, 4.69) is 21.2 Å². The molecule has 9 heteroatoms. The number of nitrogens with one attached hydrogen (secondary N) is 3. The highest BCUT2D eigenvalue weighted by atomic mass is 32.1. The van der Waals surface area contributed by atoms with Crippen LogP contribution < -0.4 is 20.9 Å². The van der Waals surface area contributed by atoms with Crippen molar-refractivity contribution >= 4 is 34.1 Å². The van der Waals surface area contributed by atoms with Crippen molar-refractivity contribution < 1.29 is 19.1 Å². The molecule has 4 rings (SSSR count). The van der Waals surface area contributed by atoms with Crippen LogP contribution in [0.2, 0.25) is 0 Å². The maximum Gasteiger partial charge on any atom is 0.276 e. The zero-order valence-corrected chi connectivity index (χ0v) is 19.9. The number of hydrazine groups is 1. The van der Waals surface area contributed by atoms with Gasteiger partial charge in [0.1, 0.15) is 10.8 Å². The molecule has 0 saturated carbocycles. The largest absolute Gasteiger partial charge is 0.483 e. The first-order chi connectivity index (χ1) is 16.4. The van der Waals surface area contributed by atoms with Gasteiger partial charge in [0.25, 0.3) is 17.7 Å². The second-order valence-electron chi connectivity index (χ2n) is 8.17. The highest BCUT2D eigenvalue weighted by Crippen LogP contribution is 2.38. The minimum Gasteiger partial charge on any atom is -0.483 e. The van der Waals surface area contributed by atoms with Gasteiger partial charge in [-0.15, -0.1) is 11.3 Å². The molecule has 0 aliphatic heterocycles. The Bertz CT molecular complexity index is 1220. The van der Waals surface area contributed by atoms with Gasteiger partial charge in [0.2, 0.25) is 0 Å². The topological polar surface area (TPSA) is 109 Å². The maximum atomic E-state index is 13.1. The molecule has 0 spiro atoms. The second kappa shape index (κ2) is 10.5. The number of amides is 3. The first-order valence-electron chi connectivity index (χ1n) is 11.1. The predicted molar refractivity (Wildman–Crippen MR) is 130 cm³/mol. The molecule has 0 fully saturated rings. The molecule has 0 atom stereocenters. The summed E-state index contributed by atoms with van der Waals surface area (Å²) >= 11 is 1.41. The molecule has 176 valence electrons. The van der Waals surface area contributed by atoms with Crippen LogP contribution in [-0.2, 0) is 17.6 Å². The van der Waals surface area contributed by atoms with E-state index >= 15 is 0 Å². The van der Waals surface area contributed by atoms with E-state index in [4.69, 9.17) is 4.74 Å². The number of fused-ring (bicyclic) bond motifs is 1. The number of carbonyl (C=O) groups is 3. The Kier molecular flexibility index (Phi) is 7.22. The van der Waals surface area contributed by atoms with Gasteiger partial charge < -0.3 is 10.1 Å². The molecule has 0 radical (unpaired) electrons. The van der Waals surface area contributed by atoms with Gasteiger partial charge in [-0.2, -0.15) is 0 Å². The van der Waals surface area contributed by atoms with Crippen LogP contribution in [0.4, 0.5) is 5.00 Å². The fourth-order valence-electron chi connectivity index (χ4n) is 3.80. The summed E-state index contributed by atoms with van der Waals surface area (Å²) in [6, 6.07) is 9.08. The Hall–Kier alpha value is -3.72. The Morgan fingerprint density at radius 3 is 2.68 bits per heavy atom. The van der Waals surface area contributed by atoms with Gasteiger partial charge in [-0.1, -0.05) is 12.1 Å². The van der Waals surface area contributed by atoms with E-state index in [0.29, 0.717) is 21.9 Å². The molecule has 0 saturated heterocycles. The van der Waals surface area contributed by atoms with Crippen LogP contribution in [0.1, 0.15) is 55.1 Å². The molecular weight excluding hydrogens is 452 g/mol. The van der Waals surface area contributed by atoms with Crippen LogP contribution in [0.5, 0.6) is 5.75 Å². The van der Waals surface area contributed by atoms with E-state index in [0.717, 1.165) is 47.3 Å². The van der Waals surface area contributed by atoms with Crippen molar-refractivity contribution in [1.29, 1.82) is 0 Å². The molecule has 0 unspecified atom stereocenters. The molecule has 2 aromatic heterocycles. The van der Waals surface area contributed by atoms with E-state index < -0.39 is 11.8 Å². The lowest BCUT2D eigenvalue weighted by atomic mass is 9.95. The summed E-state index contributed by atoms with van der Waals surface area (Å²) in [6.07, 6.45) is 6.68. The lowest BCUT2D eigenvalue weighted by molar-refractivity contribution is -0.123. The SMILES string of the molecule is Cc1ccc(C)c(OCC(=O)NNC(=O)c2c(NC(=O)c3cccnc3)sc3c2CCCC3)c1. The van der Waals surface area contributed by atoms with Gasteiger partial charge in [-0.3, -0.25) is 30.2 Å². The molecule has 34 heavy (non-hydrogen) atoms. The number of benzene rings is 1. The third-order valence-electron chi connectivity index (χ3n) is 5.57. The van der Waals surface area contributed by atoms with Gasteiger partial charge in [-0.05, 0) is 74.4 Å². The van der Waals surface area contributed by atoms with Crippen LogP contribution in [0, 0.1) is 13.8 Å². The number of carbonyl (C=O) groups excluding carboxylic acids is 3. The van der Waals surface area contributed by atoms with Crippen molar-refractivity contribution in [1.82, 2.24) is 15.8 Å². The van der Waals surface area contributed by atoms with Gasteiger partial charge in [-0.25, -0.2) is 0 Å². The minimum absolute atomic E-state index is 0.239. The van der Waals surface area contributed by atoms with Crippen LogP contribution in [0.25, 0.3) is 0 Å². The number of ether oxygens (including phenoxy) is 1. The van der Waals surface area contributed by atoms with Gasteiger partial charge >= 0.3 is 0 Å². The molecule has 8 nitrogen and oxygen atoms in total. The first-order valence-corrected chi connectivity index (χ1v) is 11.9. The number of thiophene rings is 1. The Balaban J connectivity index is 1.43. The summed E-state index contributed by atoms with van der Waals surface area (Å²) in [7, 11) is 0. The quantitative estimate of drug-likeness (QED) is 0.468. The van der Waals surface area contributed by atoms with Crippen molar-refractivity contribution in [3.63, 3.8) is 0 Å². The van der Waals surface area contributed by atoms with Crippen LogP contribution in [0.3, 0.4) is 0 Å². The number of hydrogen-bond donors (Lipinski definition) is 3. The first kappa shape index (κ1) is 23.4. The van der Waals surface area contributed by atoms with E-state index in [1.54, 1.807) is 18.3 Å². The number of aromatic nitrogens is 1. The summed E-state index contributed by atoms with van der Waals surface area (Å²) in [6.45, 7) is 3.60. The van der Waals surface area contributed by atoms with Crippen LogP contribution in [-0.4, -0.2) is 29.3 Å². The van der Waals surface area contributed by atoms with E-state index in [1.807, 2.05) is 32.0 Å². The monoisotopic (exact) mass is 478 g/mol. The Labute approximate surface area is 201 Å². The fourth-order valence-corrected chi connectivity index (χ4v) is 5.08. The lowest BCUT2D eigenvalue weighted by Gasteiger charge is -2.14. The van der Waals surface area contributed by atoms with E-state index in [-0.39, 0.29) is 12.5 Å². The van der Waals surface area contributed by atoms with Crippen LogP contribution >= 0.6 is 11.3 Å². The van der Waals surface area contributed by atoms with Gasteiger partial charge in [0.15, 0.2) is 6.61 Å². The Morgan fingerprint density at radius 2 is 1.88 bits per heavy atom. The summed E-state index contributed by atoms with van der Waals surface area (Å²) < 4.78 is 5.59. The molecule has 0 bridgehead atoms. The number of pyridine rings is 1. The van der Waals surface area contributed by atoms with E-state index in [9.17, 15) is 14.4 Å². The minimum atomic E-state index is -0.487. The van der Waals surface area contributed by atoms with Crippen molar-refractivity contribution in [3.05, 3.63) is 75.4 Å². The summed E-state index contributed by atoms with van der Waals surface area (Å²) in [5.74, 6) is -0.680. The highest BCUT2D eigenvalue weighted by Gasteiger charge is 2.27. The summed E-state index contributed by atoms with van der Waals surface area (Å²) in [5.41, 5.74) is 8.55. The van der Waals surface area contributed by atoms with Crippen molar-refractivity contribution in [3.8, 4) is 5.75 Å². The molecule has 3 aromatic rings. The highest BCUT2D eigenvalue weighted by molar-refractivity contribution is 7.17. The number of anilines is 1. The number of hydrogen-bond acceptors (Lipinski definition) is 6.